The Balaban J connectivity index is 2.03. The highest BCUT2D eigenvalue weighted by atomic mass is 35.5. The van der Waals surface area contributed by atoms with Crippen molar-refractivity contribution in [1.82, 2.24) is 0 Å². The normalized spacial score (nSPS) is 9.95. The lowest BCUT2D eigenvalue weighted by atomic mass is 10.3. The van der Waals surface area contributed by atoms with Crippen molar-refractivity contribution in [2.75, 3.05) is 10.6 Å². The maximum Gasteiger partial charge on any atom is 0.175 e. The van der Waals surface area contributed by atoms with Gasteiger partial charge in [-0.1, -0.05) is 11.6 Å². The number of phenolic OH excluding ortho intramolecular Hbond substituents is 2. The second-order valence-corrected chi connectivity index (χ2v) is 4.63. The second-order valence-electron chi connectivity index (χ2n) is 3.79. The number of halogens is 1. The number of anilines is 2. The van der Waals surface area contributed by atoms with E-state index in [1.54, 1.807) is 24.3 Å². The standard InChI is InChI=1S/C13H11ClN2O2S/c14-8-1-3-9(4-2-8)15-13(19)16-11-6-5-10(17)7-12(11)18/h1-7,17-18H,(H2,15,16,19). The number of hydrogen-bond acceptors (Lipinski definition) is 3. The molecule has 0 aliphatic heterocycles. The minimum Gasteiger partial charge on any atom is -0.508 e. The van der Waals surface area contributed by atoms with Gasteiger partial charge in [0.1, 0.15) is 11.5 Å². The van der Waals surface area contributed by atoms with Crippen molar-refractivity contribution in [3.63, 3.8) is 0 Å². The van der Waals surface area contributed by atoms with Gasteiger partial charge in [0.2, 0.25) is 0 Å². The van der Waals surface area contributed by atoms with Gasteiger partial charge < -0.3 is 20.8 Å². The second kappa shape index (κ2) is 5.77. The number of rotatable bonds is 2. The fourth-order valence-electron chi connectivity index (χ4n) is 1.44. The lowest BCUT2D eigenvalue weighted by Crippen LogP contribution is -2.18. The van der Waals surface area contributed by atoms with Crippen LogP contribution in [-0.4, -0.2) is 15.3 Å². The summed E-state index contributed by atoms with van der Waals surface area (Å²) < 4.78 is 0. The number of nitrogens with one attached hydrogen (secondary N) is 2. The third-order valence-electron chi connectivity index (χ3n) is 2.33. The highest BCUT2D eigenvalue weighted by molar-refractivity contribution is 7.80. The molecular formula is C13H11ClN2O2S. The Bertz CT molecular complexity index is 602. The van der Waals surface area contributed by atoms with Crippen LogP contribution >= 0.6 is 23.8 Å². The molecular weight excluding hydrogens is 284 g/mol. The summed E-state index contributed by atoms with van der Waals surface area (Å²) in [6.45, 7) is 0. The molecule has 0 fully saturated rings. The molecule has 0 bridgehead atoms. The summed E-state index contributed by atoms with van der Waals surface area (Å²) in [5.74, 6) is -0.0973. The molecule has 0 saturated carbocycles. The van der Waals surface area contributed by atoms with Crippen LogP contribution in [0.25, 0.3) is 0 Å². The first-order valence-electron chi connectivity index (χ1n) is 5.40. The maximum absolute atomic E-state index is 9.62. The third kappa shape index (κ3) is 3.74. The van der Waals surface area contributed by atoms with Gasteiger partial charge in [0.25, 0.3) is 0 Å². The minimum atomic E-state index is -0.0831. The summed E-state index contributed by atoms with van der Waals surface area (Å²) in [7, 11) is 0. The summed E-state index contributed by atoms with van der Waals surface area (Å²) in [6, 6.07) is 11.3. The fraction of sp³-hybridized carbons (Fsp3) is 0. The monoisotopic (exact) mass is 294 g/mol. The Labute approximate surface area is 120 Å². The molecule has 0 aliphatic carbocycles. The number of thiocarbonyl (C=S) groups is 1. The first kappa shape index (κ1) is 13.5. The van der Waals surface area contributed by atoms with Crippen molar-refractivity contribution in [3.05, 3.63) is 47.5 Å². The van der Waals surface area contributed by atoms with Gasteiger partial charge in [-0.3, -0.25) is 0 Å². The predicted molar refractivity (Wildman–Crippen MR) is 81.1 cm³/mol. The topological polar surface area (TPSA) is 64.5 Å². The number of phenols is 2. The van der Waals surface area contributed by atoms with Crippen molar-refractivity contribution < 1.29 is 10.2 Å². The molecule has 2 aromatic carbocycles. The molecule has 6 heteroatoms. The quantitative estimate of drug-likeness (QED) is 0.387. The molecule has 19 heavy (non-hydrogen) atoms. The minimum absolute atomic E-state index is 0.0142. The largest absolute Gasteiger partial charge is 0.508 e. The molecule has 98 valence electrons. The summed E-state index contributed by atoms with van der Waals surface area (Å²) in [5, 5.41) is 25.5. The molecule has 0 aliphatic rings. The van der Waals surface area contributed by atoms with Crippen LogP contribution in [0.3, 0.4) is 0 Å². The van der Waals surface area contributed by atoms with Crippen molar-refractivity contribution in [2.24, 2.45) is 0 Å². The molecule has 2 rings (SSSR count). The van der Waals surface area contributed by atoms with Crippen molar-refractivity contribution in [1.29, 1.82) is 0 Å². The Morgan fingerprint density at radius 1 is 1.00 bits per heavy atom. The molecule has 0 atom stereocenters. The van der Waals surface area contributed by atoms with E-state index in [0.717, 1.165) is 5.69 Å². The highest BCUT2D eigenvalue weighted by Crippen LogP contribution is 2.27. The average Bonchev–Trinajstić information content (AvgIpc) is 2.36. The van der Waals surface area contributed by atoms with Gasteiger partial charge in [0.05, 0.1) is 5.69 Å². The summed E-state index contributed by atoms with van der Waals surface area (Å²) in [6.07, 6.45) is 0. The van der Waals surface area contributed by atoms with Crippen LogP contribution in [0.15, 0.2) is 42.5 Å². The predicted octanol–water partition coefficient (Wildman–Crippen LogP) is 3.56. The van der Waals surface area contributed by atoms with Crippen molar-refractivity contribution in [3.8, 4) is 11.5 Å². The van der Waals surface area contributed by atoms with Gasteiger partial charge in [-0.15, -0.1) is 0 Å². The number of aromatic hydroxyl groups is 2. The van der Waals surface area contributed by atoms with Crippen LogP contribution in [0.4, 0.5) is 11.4 Å². The van der Waals surface area contributed by atoms with Gasteiger partial charge in [-0.05, 0) is 48.6 Å². The molecule has 0 unspecified atom stereocenters. The molecule has 0 amide bonds. The lowest BCUT2D eigenvalue weighted by Gasteiger charge is -2.11. The van der Waals surface area contributed by atoms with Crippen LogP contribution < -0.4 is 10.6 Å². The van der Waals surface area contributed by atoms with Crippen LogP contribution in [0.2, 0.25) is 5.02 Å². The van der Waals surface area contributed by atoms with E-state index in [4.69, 9.17) is 23.8 Å². The average molecular weight is 295 g/mol. The van der Waals surface area contributed by atoms with Crippen LogP contribution in [0.5, 0.6) is 11.5 Å². The zero-order chi connectivity index (χ0) is 13.8. The van der Waals surface area contributed by atoms with E-state index in [0.29, 0.717) is 15.8 Å². The molecule has 0 saturated heterocycles. The van der Waals surface area contributed by atoms with E-state index in [9.17, 15) is 10.2 Å². The molecule has 0 radical (unpaired) electrons. The van der Waals surface area contributed by atoms with Gasteiger partial charge in [0.15, 0.2) is 5.11 Å². The Morgan fingerprint density at radius 2 is 1.68 bits per heavy atom. The van der Waals surface area contributed by atoms with Gasteiger partial charge >= 0.3 is 0 Å². The molecule has 0 spiro atoms. The number of hydrogen-bond donors (Lipinski definition) is 4. The smallest absolute Gasteiger partial charge is 0.175 e. The van der Waals surface area contributed by atoms with Crippen LogP contribution in [-0.2, 0) is 0 Å². The molecule has 4 nitrogen and oxygen atoms in total. The Kier molecular flexibility index (Phi) is 4.09. The number of benzene rings is 2. The molecule has 4 N–H and O–H groups in total. The maximum atomic E-state index is 9.62. The zero-order valence-electron chi connectivity index (χ0n) is 9.72. The van der Waals surface area contributed by atoms with E-state index >= 15 is 0 Å². The summed E-state index contributed by atoms with van der Waals surface area (Å²) >= 11 is 10.9. The molecule has 0 aromatic heterocycles. The zero-order valence-corrected chi connectivity index (χ0v) is 11.3. The van der Waals surface area contributed by atoms with E-state index in [1.165, 1.54) is 18.2 Å². The Hall–Kier alpha value is -1.98. The highest BCUT2D eigenvalue weighted by Gasteiger charge is 2.04. The van der Waals surface area contributed by atoms with Gasteiger partial charge in [0, 0.05) is 16.8 Å². The summed E-state index contributed by atoms with van der Waals surface area (Å²) in [5.41, 5.74) is 1.18. The fourth-order valence-corrected chi connectivity index (χ4v) is 1.80. The SMILES string of the molecule is Oc1ccc(NC(=S)Nc2ccc(Cl)cc2)c(O)c1. The van der Waals surface area contributed by atoms with E-state index in [1.807, 2.05) is 0 Å². The van der Waals surface area contributed by atoms with Crippen molar-refractivity contribution in [2.45, 2.75) is 0 Å². The summed E-state index contributed by atoms with van der Waals surface area (Å²) in [4.78, 5) is 0. The van der Waals surface area contributed by atoms with Crippen molar-refractivity contribution >= 4 is 40.3 Å². The lowest BCUT2D eigenvalue weighted by molar-refractivity contribution is 0.452. The Morgan fingerprint density at radius 3 is 2.32 bits per heavy atom. The van der Waals surface area contributed by atoms with Gasteiger partial charge in [-0.25, -0.2) is 0 Å². The van der Waals surface area contributed by atoms with E-state index in [2.05, 4.69) is 10.6 Å². The van der Waals surface area contributed by atoms with Crippen LogP contribution in [0.1, 0.15) is 0 Å². The molecule has 2 aromatic rings. The third-order valence-corrected chi connectivity index (χ3v) is 2.79. The molecule has 0 heterocycles. The van der Waals surface area contributed by atoms with E-state index < -0.39 is 0 Å². The first-order valence-corrected chi connectivity index (χ1v) is 6.19. The van der Waals surface area contributed by atoms with Gasteiger partial charge in [-0.2, -0.15) is 0 Å². The first-order chi connectivity index (χ1) is 9.04. The van der Waals surface area contributed by atoms with E-state index in [-0.39, 0.29) is 11.5 Å². The van der Waals surface area contributed by atoms with Crippen LogP contribution in [0, 0.1) is 0 Å².